The normalized spacial score (nSPS) is 31.6. The number of anilines is 1. The van der Waals surface area contributed by atoms with E-state index in [4.69, 9.17) is 35.3 Å². The van der Waals surface area contributed by atoms with Crippen molar-refractivity contribution >= 4 is 47.1 Å². The molecule has 0 aliphatic carbocycles. The zero-order chi connectivity index (χ0) is 43.4. The monoisotopic (exact) mass is 844 g/mol. The van der Waals surface area contributed by atoms with Gasteiger partial charge in [0, 0.05) is 52.6 Å². The van der Waals surface area contributed by atoms with Gasteiger partial charge in [-0.15, -0.1) is 0 Å². The van der Waals surface area contributed by atoms with Crippen molar-refractivity contribution in [3.8, 4) is 5.75 Å². The average molecular weight is 845 g/mol. The molecule has 0 radical (unpaired) electrons. The Morgan fingerprint density at radius 1 is 1.15 bits per heavy atom. The number of amides is 4. The Balaban J connectivity index is 1.38. The molecule has 324 valence electrons. The molecule has 8 unspecified atom stereocenters. The second-order valence-corrected chi connectivity index (χ2v) is 16.4. The molecule has 59 heavy (non-hydrogen) atoms. The Morgan fingerprint density at radius 3 is 2.54 bits per heavy atom. The van der Waals surface area contributed by atoms with Crippen LogP contribution in [0.25, 0.3) is 0 Å². The molecule has 3 N–H and O–H groups in total. The summed E-state index contributed by atoms with van der Waals surface area (Å²) in [5.41, 5.74) is -1.03. The number of esters is 1. The molecular weight excluding hydrogens is 788 g/mol. The van der Waals surface area contributed by atoms with Crippen LogP contribution in [0.4, 0.5) is 10.5 Å². The molecule has 4 aliphatic rings. The van der Waals surface area contributed by atoms with E-state index in [1.807, 2.05) is 13.0 Å². The van der Waals surface area contributed by atoms with Gasteiger partial charge in [0.15, 0.2) is 5.72 Å². The molecule has 1 aromatic rings. The molecule has 4 bridgehead atoms. The van der Waals surface area contributed by atoms with Crippen molar-refractivity contribution in [2.24, 2.45) is 5.92 Å². The number of aliphatic hydroxyl groups is 2. The molecule has 2 saturated heterocycles. The number of halogens is 1. The Morgan fingerprint density at radius 2 is 1.88 bits per heavy atom. The van der Waals surface area contributed by atoms with Crippen LogP contribution in [0.2, 0.25) is 5.02 Å². The summed E-state index contributed by atoms with van der Waals surface area (Å²) in [6.07, 6.45) is 4.33. The first kappa shape index (κ1) is 45.6. The maximum absolute atomic E-state index is 14.2. The third-order valence-corrected chi connectivity index (χ3v) is 12.2. The smallest absolute Gasteiger partial charge is 0.409 e. The van der Waals surface area contributed by atoms with Crippen LogP contribution in [-0.4, -0.2) is 133 Å². The molecule has 4 amide bonds. The van der Waals surface area contributed by atoms with Crippen molar-refractivity contribution in [3.05, 3.63) is 58.7 Å². The number of nitrogens with zero attached hydrogens (tertiary/aromatic N) is 3. The van der Waals surface area contributed by atoms with E-state index in [0.717, 1.165) is 11.1 Å². The number of ether oxygens (including phenoxy) is 5. The van der Waals surface area contributed by atoms with E-state index < -0.39 is 71.9 Å². The fourth-order valence-corrected chi connectivity index (χ4v) is 8.18. The van der Waals surface area contributed by atoms with E-state index in [9.17, 15) is 34.2 Å². The van der Waals surface area contributed by atoms with Gasteiger partial charge in [-0.2, -0.15) is 0 Å². The number of fused-ring (bicyclic) bond motifs is 5. The van der Waals surface area contributed by atoms with Gasteiger partial charge in [0.25, 0.3) is 0 Å². The number of nitrogens with one attached hydrogen (secondary N) is 1. The Labute approximate surface area is 350 Å². The van der Waals surface area contributed by atoms with Gasteiger partial charge in [-0.05, 0) is 63.8 Å². The summed E-state index contributed by atoms with van der Waals surface area (Å²) in [5, 5.41) is 24.4. The number of methoxy groups -OCH3 is 2. The summed E-state index contributed by atoms with van der Waals surface area (Å²) in [7, 11) is 5.96. The minimum absolute atomic E-state index is 0.0723. The van der Waals surface area contributed by atoms with E-state index in [0.29, 0.717) is 43.7 Å². The highest BCUT2D eigenvalue weighted by molar-refractivity contribution is 6.35. The maximum atomic E-state index is 14.2. The van der Waals surface area contributed by atoms with E-state index >= 15 is 0 Å². The highest BCUT2D eigenvalue weighted by Gasteiger charge is 2.64. The first-order valence-corrected chi connectivity index (χ1v) is 20.2. The fraction of sp³-hybridized carbons (Fsp3) is 0.595. The van der Waals surface area contributed by atoms with Crippen LogP contribution in [0.1, 0.15) is 71.8 Å². The lowest BCUT2D eigenvalue weighted by Crippen LogP contribution is -2.63. The van der Waals surface area contributed by atoms with E-state index in [1.165, 1.54) is 55.0 Å². The van der Waals surface area contributed by atoms with Crippen molar-refractivity contribution in [2.45, 2.75) is 121 Å². The fourth-order valence-electron chi connectivity index (χ4n) is 7.87. The number of alkyl carbamates (subject to hydrolysis) is 1. The number of allylic oxidation sites excluding steroid dienone is 3. The average Bonchev–Trinajstić information content (AvgIpc) is 3.79. The topological polar surface area (TPSA) is 197 Å². The SMILES string of the molecule is COc1cc2cc(c1Cl)N(C)C(=O)CC(OC(=O)[C@H](C)N(C)C(=O)CCCCCN1C(=O)C=CC1O)C1(C)OC1C(C)C1CC(O)(NC(=O)O1)C(OC)/C=C/C=C(\C)C2. The molecule has 9 atom stereocenters. The first-order valence-electron chi connectivity index (χ1n) is 19.8. The highest BCUT2D eigenvalue weighted by Crippen LogP contribution is 2.49. The third-order valence-electron chi connectivity index (χ3n) is 11.8. The van der Waals surface area contributed by atoms with Crippen LogP contribution in [0, 0.1) is 5.92 Å². The van der Waals surface area contributed by atoms with Crippen LogP contribution >= 0.6 is 11.6 Å². The lowest BCUT2D eigenvalue weighted by molar-refractivity contribution is -0.162. The van der Waals surface area contributed by atoms with Crippen LogP contribution in [0.15, 0.2) is 48.1 Å². The van der Waals surface area contributed by atoms with Gasteiger partial charge in [0.05, 0.1) is 25.3 Å². The molecule has 0 aromatic heterocycles. The zero-order valence-electron chi connectivity index (χ0n) is 34.9. The molecule has 0 spiro atoms. The lowest BCUT2D eigenvalue weighted by Gasteiger charge is -2.42. The van der Waals surface area contributed by atoms with Gasteiger partial charge in [0.1, 0.15) is 47.0 Å². The van der Waals surface area contributed by atoms with E-state index in [-0.39, 0.29) is 36.1 Å². The Bertz CT molecular complexity index is 1870. The minimum atomic E-state index is -1.85. The second-order valence-electron chi connectivity index (χ2n) is 16.0. The van der Waals surface area contributed by atoms with Crippen molar-refractivity contribution in [2.75, 3.05) is 39.8 Å². The Kier molecular flexibility index (Phi) is 14.6. The summed E-state index contributed by atoms with van der Waals surface area (Å²) in [6.45, 7) is 7.28. The van der Waals surface area contributed by atoms with Gasteiger partial charge >= 0.3 is 12.1 Å². The maximum Gasteiger partial charge on any atom is 0.409 e. The molecule has 4 aliphatic heterocycles. The van der Waals surface area contributed by atoms with Crippen molar-refractivity contribution in [1.29, 1.82) is 0 Å². The zero-order valence-corrected chi connectivity index (χ0v) is 35.7. The van der Waals surface area contributed by atoms with Gasteiger partial charge in [-0.1, -0.05) is 48.7 Å². The highest BCUT2D eigenvalue weighted by atomic mass is 35.5. The molecule has 0 saturated carbocycles. The lowest BCUT2D eigenvalue weighted by atomic mass is 9.83. The number of epoxide rings is 1. The summed E-state index contributed by atoms with van der Waals surface area (Å²) < 4.78 is 29.3. The standard InChI is InChI=1S/C42H57ClN4O12/c1-24-13-12-14-31(56-8)42(54)23-30(57-40(53)44-42)25(2)38-41(4,59-38)32(22-36(51)46(6)28-20-27(19-24)21-29(55-7)37(28)43)58-39(52)26(3)45(5)33(48)15-10-9-11-18-47-34(49)16-17-35(47)50/h12-14,16-17,20-21,25-26,30-32,34,38,49,54H,9-11,15,18-19,22-23H2,1-8H3,(H,44,53)/b14-12+,24-13+/t25?,26-,30?,31?,32?,34?,38?,41?,42?/m0/s1. The van der Waals surface area contributed by atoms with Crippen molar-refractivity contribution in [3.63, 3.8) is 0 Å². The molecule has 5 rings (SSSR count). The minimum Gasteiger partial charge on any atom is -0.495 e. The number of aliphatic hydroxyl groups excluding tert-OH is 1. The third kappa shape index (κ3) is 10.3. The summed E-state index contributed by atoms with van der Waals surface area (Å²) in [6, 6.07) is 2.52. The quantitative estimate of drug-likeness (QED) is 0.166. The summed E-state index contributed by atoms with van der Waals surface area (Å²) in [5.74, 6) is -1.99. The molecule has 4 heterocycles. The first-order chi connectivity index (χ1) is 27.8. The largest absolute Gasteiger partial charge is 0.495 e. The number of unbranched alkanes of at least 4 members (excludes halogenated alkanes) is 2. The predicted octanol–water partition coefficient (Wildman–Crippen LogP) is 3.79. The summed E-state index contributed by atoms with van der Waals surface area (Å²) in [4.78, 5) is 70.1. The van der Waals surface area contributed by atoms with Crippen LogP contribution in [0.3, 0.4) is 0 Å². The van der Waals surface area contributed by atoms with Crippen LogP contribution < -0.4 is 15.0 Å². The van der Waals surface area contributed by atoms with Crippen LogP contribution in [-0.2, 0) is 44.5 Å². The molecule has 16 nitrogen and oxygen atoms in total. The van der Waals surface area contributed by atoms with Crippen molar-refractivity contribution < 1.29 is 57.9 Å². The van der Waals surface area contributed by atoms with Gasteiger partial charge < -0.3 is 48.6 Å². The van der Waals surface area contributed by atoms with Gasteiger partial charge in [-0.3, -0.25) is 19.7 Å². The molecule has 17 heteroatoms. The van der Waals surface area contributed by atoms with E-state index in [1.54, 1.807) is 45.2 Å². The number of likely N-dealkylation sites (N-methyl/N-ethyl adjacent to an activating group) is 1. The number of hydrogen-bond donors (Lipinski definition) is 3. The van der Waals surface area contributed by atoms with Gasteiger partial charge in [0.2, 0.25) is 17.7 Å². The van der Waals surface area contributed by atoms with Crippen LogP contribution in [0.5, 0.6) is 5.75 Å². The number of rotatable bonds is 11. The second kappa shape index (κ2) is 18.8. The number of carbonyl (C=O) groups is 5. The van der Waals surface area contributed by atoms with Gasteiger partial charge in [-0.25, -0.2) is 9.59 Å². The molecule has 2 fully saturated rings. The Hall–Kier alpha value is -4.48. The predicted molar refractivity (Wildman–Crippen MR) is 216 cm³/mol. The number of hydrogen-bond acceptors (Lipinski definition) is 12. The van der Waals surface area contributed by atoms with Crippen molar-refractivity contribution in [1.82, 2.24) is 15.1 Å². The molecular formula is C42H57ClN4O12. The molecule has 1 aromatic carbocycles. The summed E-state index contributed by atoms with van der Waals surface area (Å²) >= 11 is 6.78. The number of carbonyl (C=O) groups excluding carboxylic acids is 5. The van der Waals surface area contributed by atoms with E-state index in [2.05, 4.69) is 5.32 Å². The number of benzene rings is 1.